The molecule has 0 heterocycles. The Labute approximate surface area is 169 Å². The smallest absolute Gasteiger partial charge is 0.259 e. The van der Waals surface area contributed by atoms with Gasteiger partial charge in [-0.3, -0.25) is 4.79 Å². The van der Waals surface area contributed by atoms with Gasteiger partial charge in [0.1, 0.15) is 11.5 Å². The Morgan fingerprint density at radius 1 is 0.862 bits per heavy atom. The number of rotatable bonds is 5. The zero-order valence-corrected chi connectivity index (χ0v) is 16.1. The fourth-order valence-corrected chi connectivity index (χ4v) is 3.32. The van der Waals surface area contributed by atoms with Crippen molar-refractivity contribution in [2.45, 2.75) is 6.92 Å². The molecule has 4 nitrogen and oxygen atoms in total. The normalized spacial score (nSPS) is 10.7. The van der Waals surface area contributed by atoms with Crippen molar-refractivity contribution in [1.82, 2.24) is 0 Å². The van der Waals surface area contributed by atoms with Crippen molar-refractivity contribution < 1.29 is 14.6 Å². The van der Waals surface area contributed by atoms with Gasteiger partial charge in [-0.15, -0.1) is 0 Å². The second kappa shape index (κ2) is 8.07. The van der Waals surface area contributed by atoms with Gasteiger partial charge in [0.2, 0.25) is 0 Å². The summed E-state index contributed by atoms with van der Waals surface area (Å²) < 4.78 is 5.69. The first kappa shape index (κ1) is 18.6. The number of hydrogen-bond donors (Lipinski definition) is 2. The van der Waals surface area contributed by atoms with Crippen LogP contribution in [0.15, 0.2) is 84.9 Å². The fraction of sp³-hybridized carbons (Fsp3) is 0.0800. The van der Waals surface area contributed by atoms with Gasteiger partial charge in [-0.25, -0.2) is 0 Å². The number of phenols is 1. The molecular weight excluding hydrogens is 362 g/mol. The van der Waals surface area contributed by atoms with Crippen molar-refractivity contribution in [3.05, 3.63) is 90.5 Å². The molecule has 0 aromatic heterocycles. The lowest BCUT2D eigenvalue weighted by Gasteiger charge is -2.14. The number of amides is 1. The molecule has 4 aromatic carbocycles. The molecule has 29 heavy (non-hydrogen) atoms. The molecule has 0 aliphatic carbocycles. The zero-order chi connectivity index (χ0) is 20.2. The molecule has 144 valence electrons. The maximum absolute atomic E-state index is 13.0. The summed E-state index contributed by atoms with van der Waals surface area (Å²) in [5.74, 6) is 0.138. The van der Waals surface area contributed by atoms with Crippen molar-refractivity contribution in [1.29, 1.82) is 0 Å². The molecule has 0 saturated heterocycles. The van der Waals surface area contributed by atoms with Crippen molar-refractivity contribution in [3.63, 3.8) is 0 Å². The average molecular weight is 383 g/mol. The van der Waals surface area contributed by atoms with Crippen LogP contribution in [0.1, 0.15) is 17.3 Å². The average Bonchev–Trinajstić information content (AvgIpc) is 2.75. The molecular formula is C25H21NO3. The highest BCUT2D eigenvalue weighted by atomic mass is 16.5. The van der Waals surface area contributed by atoms with Gasteiger partial charge < -0.3 is 15.2 Å². The van der Waals surface area contributed by atoms with Gasteiger partial charge in [0.25, 0.3) is 5.91 Å². The van der Waals surface area contributed by atoms with Crippen LogP contribution in [-0.4, -0.2) is 17.6 Å². The highest BCUT2D eigenvalue weighted by Crippen LogP contribution is 2.32. The summed E-state index contributed by atoms with van der Waals surface area (Å²) in [5, 5.41) is 15.0. The standard InChI is InChI=1S/C25H21NO3/c1-2-29-24-13-12-20(17-8-4-3-5-9-17)15-22(24)26-25(28)21-14-18-10-6-7-11-19(18)16-23(21)27/h3-16,27H,2H2,1H3,(H,26,28). The number of fused-ring (bicyclic) bond motifs is 1. The van der Waals surface area contributed by atoms with Crippen LogP contribution >= 0.6 is 0 Å². The molecule has 4 aromatic rings. The molecule has 1 amide bonds. The van der Waals surface area contributed by atoms with Crippen LogP contribution in [0.25, 0.3) is 21.9 Å². The predicted molar refractivity (Wildman–Crippen MR) is 117 cm³/mol. The highest BCUT2D eigenvalue weighted by molar-refractivity contribution is 6.09. The van der Waals surface area contributed by atoms with E-state index in [4.69, 9.17) is 4.74 Å². The monoisotopic (exact) mass is 383 g/mol. The van der Waals surface area contributed by atoms with Gasteiger partial charge in [-0.1, -0.05) is 60.7 Å². The Hall–Kier alpha value is -3.79. The van der Waals surface area contributed by atoms with Gasteiger partial charge in [0.05, 0.1) is 17.9 Å². The molecule has 0 atom stereocenters. The minimum Gasteiger partial charge on any atom is -0.507 e. The maximum Gasteiger partial charge on any atom is 0.259 e. The molecule has 4 rings (SSSR count). The molecule has 4 heteroatoms. The van der Waals surface area contributed by atoms with Crippen molar-refractivity contribution in [3.8, 4) is 22.6 Å². The lowest BCUT2D eigenvalue weighted by molar-refractivity contribution is 0.102. The number of benzene rings is 4. The molecule has 0 aliphatic rings. The van der Waals surface area contributed by atoms with Gasteiger partial charge >= 0.3 is 0 Å². The number of hydrogen-bond acceptors (Lipinski definition) is 3. The van der Waals surface area contributed by atoms with Gasteiger partial charge in [-0.2, -0.15) is 0 Å². The molecule has 0 spiro atoms. The minimum absolute atomic E-state index is 0.0571. The SMILES string of the molecule is CCOc1ccc(-c2ccccc2)cc1NC(=O)c1cc2ccccc2cc1O. The van der Waals surface area contributed by atoms with Crippen molar-refractivity contribution in [2.75, 3.05) is 11.9 Å². The van der Waals surface area contributed by atoms with E-state index in [1.165, 1.54) is 0 Å². The van der Waals surface area contributed by atoms with Crippen LogP contribution in [0.3, 0.4) is 0 Å². The number of nitrogens with one attached hydrogen (secondary N) is 1. The lowest BCUT2D eigenvalue weighted by Crippen LogP contribution is -2.13. The quantitative estimate of drug-likeness (QED) is 0.453. The third kappa shape index (κ3) is 3.92. The summed E-state index contributed by atoms with van der Waals surface area (Å²) in [4.78, 5) is 13.0. The first-order valence-electron chi connectivity index (χ1n) is 9.51. The summed E-state index contributed by atoms with van der Waals surface area (Å²) >= 11 is 0. The molecule has 0 radical (unpaired) electrons. The molecule has 0 aliphatic heterocycles. The first-order chi connectivity index (χ1) is 14.2. The Morgan fingerprint density at radius 2 is 1.55 bits per heavy atom. The van der Waals surface area contributed by atoms with E-state index in [-0.39, 0.29) is 17.2 Å². The third-order valence-electron chi connectivity index (χ3n) is 4.74. The number of carbonyl (C=O) groups excluding carboxylic acids is 1. The van der Waals surface area contributed by atoms with Crippen LogP contribution in [0.2, 0.25) is 0 Å². The Bertz CT molecular complexity index is 1170. The number of ether oxygens (including phenoxy) is 1. The third-order valence-corrected chi connectivity index (χ3v) is 4.74. The Balaban J connectivity index is 1.70. The summed E-state index contributed by atoms with van der Waals surface area (Å²) in [7, 11) is 0. The number of anilines is 1. The second-order valence-electron chi connectivity index (χ2n) is 6.68. The van der Waals surface area contributed by atoms with E-state index >= 15 is 0 Å². The van der Waals surface area contributed by atoms with Gasteiger partial charge in [-0.05, 0) is 53.1 Å². The largest absolute Gasteiger partial charge is 0.507 e. The van der Waals surface area contributed by atoms with E-state index in [1.54, 1.807) is 12.1 Å². The molecule has 0 bridgehead atoms. The van der Waals surface area contributed by atoms with Crippen LogP contribution in [0.4, 0.5) is 5.69 Å². The van der Waals surface area contributed by atoms with Gasteiger partial charge in [0, 0.05) is 0 Å². The van der Waals surface area contributed by atoms with Crippen molar-refractivity contribution in [2.24, 2.45) is 0 Å². The van der Waals surface area contributed by atoms with E-state index in [0.717, 1.165) is 21.9 Å². The van der Waals surface area contributed by atoms with Crippen molar-refractivity contribution >= 4 is 22.4 Å². The van der Waals surface area contributed by atoms with E-state index < -0.39 is 0 Å². The summed E-state index contributed by atoms with van der Waals surface area (Å²) in [5.41, 5.74) is 2.79. The molecule has 2 N–H and O–H groups in total. The van der Waals surface area contributed by atoms with Gasteiger partial charge in [0.15, 0.2) is 0 Å². The number of carbonyl (C=O) groups is 1. The summed E-state index contributed by atoms with van der Waals surface area (Å²) in [6.45, 7) is 2.38. The number of aromatic hydroxyl groups is 1. The van der Waals surface area contributed by atoms with Crippen LogP contribution in [-0.2, 0) is 0 Å². The zero-order valence-electron chi connectivity index (χ0n) is 16.1. The van der Waals surface area contributed by atoms with E-state index in [9.17, 15) is 9.90 Å². The topological polar surface area (TPSA) is 58.6 Å². The maximum atomic E-state index is 13.0. The lowest BCUT2D eigenvalue weighted by atomic mass is 10.0. The summed E-state index contributed by atoms with van der Waals surface area (Å²) in [6.07, 6.45) is 0. The minimum atomic E-state index is -0.389. The first-order valence-corrected chi connectivity index (χ1v) is 9.51. The summed E-state index contributed by atoms with van der Waals surface area (Å²) in [6, 6.07) is 26.5. The predicted octanol–water partition coefficient (Wildman–Crippen LogP) is 5.86. The van der Waals surface area contributed by atoms with Crippen LogP contribution < -0.4 is 10.1 Å². The fourth-order valence-electron chi connectivity index (χ4n) is 3.32. The van der Waals surface area contributed by atoms with E-state index in [2.05, 4.69) is 5.32 Å². The Kier molecular flexibility index (Phi) is 5.16. The molecule has 0 saturated carbocycles. The van der Waals surface area contributed by atoms with Crippen LogP contribution in [0.5, 0.6) is 11.5 Å². The van der Waals surface area contributed by atoms with Crippen LogP contribution in [0, 0.1) is 0 Å². The van der Waals surface area contributed by atoms with E-state index in [0.29, 0.717) is 18.0 Å². The molecule has 0 unspecified atom stereocenters. The number of phenolic OH excluding ortho intramolecular Hbond substituents is 1. The Morgan fingerprint density at radius 3 is 2.28 bits per heavy atom. The molecule has 0 fully saturated rings. The highest BCUT2D eigenvalue weighted by Gasteiger charge is 2.16. The second-order valence-corrected chi connectivity index (χ2v) is 6.68. The van der Waals surface area contributed by atoms with E-state index in [1.807, 2.05) is 79.7 Å².